The molecule has 0 heterocycles. The van der Waals surface area contributed by atoms with Gasteiger partial charge in [-0.05, 0) is 25.1 Å². The molecule has 0 aliphatic rings. The van der Waals surface area contributed by atoms with Crippen molar-refractivity contribution in [2.75, 3.05) is 13.1 Å². The normalized spacial score (nSPS) is 8.36. The zero-order valence-electron chi connectivity index (χ0n) is 8.42. The molecule has 14 heavy (non-hydrogen) atoms. The van der Waals surface area contributed by atoms with Crippen LogP contribution < -0.4 is 5.32 Å². The van der Waals surface area contributed by atoms with Crippen LogP contribution in [0.1, 0.15) is 18.9 Å². The van der Waals surface area contributed by atoms with Crippen molar-refractivity contribution in [1.29, 1.82) is 0 Å². The number of nitrogens with one attached hydrogen (secondary N) is 1. The lowest BCUT2D eigenvalue weighted by Crippen LogP contribution is -2.14. The summed E-state index contributed by atoms with van der Waals surface area (Å²) in [7, 11) is 0. The van der Waals surface area contributed by atoms with Crippen molar-refractivity contribution in [1.82, 2.24) is 5.32 Å². The second-order valence-corrected chi connectivity index (χ2v) is 2.84. The quantitative estimate of drug-likeness (QED) is 0.596. The fourth-order valence-electron chi connectivity index (χ4n) is 0.995. The van der Waals surface area contributed by atoms with E-state index >= 15 is 0 Å². The molecule has 1 N–H and O–H groups in total. The zero-order valence-corrected chi connectivity index (χ0v) is 9.23. The third-order valence-corrected chi connectivity index (χ3v) is 1.65. The molecule has 1 aromatic carbocycles. The molecular formula is C12H16ClN. The number of hydrogen-bond donors (Lipinski definition) is 1. The predicted octanol–water partition coefficient (Wildman–Crippen LogP) is 2.46. The first-order chi connectivity index (χ1) is 6.43. The van der Waals surface area contributed by atoms with Crippen LogP contribution in [0.4, 0.5) is 0 Å². The summed E-state index contributed by atoms with van der Waals surface area (Å²) >= 11 is 0. The molecule has 76 valence electrons. The van der Waals surface area contributed by atoms with Crippen LogP contribution in [-0.4, -0.2) is 13.1 Å². The van der Waals surface area contributed by atoms with E-state index in [-0.39, 0.29) is 12.4 Å². The molecule has 0 saturated heterocycles. The first-order valence-corrected chi connectivity index (χ1v) is 4.68. The summed E-state index contributed by atoms with van der Waals surface area (Å²) in [6.07, 6.45) is 1.16. The van der Waals surface area contributed by atoms with Gasteiger partial charge in [0.15, 0.2) is 0 Å². The highest BCUT2D eigenvalue weighted by atomic mass is 35.5. The van der Waals surface area contributed by atoms with E-state index in [1.165, 1.54) is 0 Å². The van der Waals surface area contributed by atoms with E-state index < -0.39 is 0 Å². The van der Waals surface area contributed by atoms with E-state index in [2.05, 4.69) is 24.1 Å². The molecule has 0 radical (unpaired) electrons. The minimum absolute atomic E-state index is 0. The van der Waals surface area contributed by atoms with E-state index in [1.807, 2.05) is 30.3 Å². The Morgan fingerprint density at radius 3 is 2.57 bits per heavy atom. The molecule has 0 amide bonds. The third-order valence-electron chi connectivity index (χ3n) is 1.65. The van der Waals surface area contributed by atoms with Gasteiger partial charge in [-0.1, -0.05) is 37.0 Å². The lowest BCUT2D eigenvalue weighted by atomic mass is 10.2. The minimum atomic E-state index is 0. The molecule has 0 aliphatic heterocycles. The number of hydrogen-bond acceptors (Lipinski definition) is 1. The van der Waals surface area contributed by atoms with Crippen LogP contribution in [0.2, 0.25) is 0 Å². The zero-order chi connectivity index (χ0) is 9.36. The summed E-state index contributed by atoms with van der Waals surface area (Å²) in [5.74, 6) is 6.17. The smallest absolute Gasteiger partial charge is 0.0580 e. The third kappa shape index (κ3) is 5.64. The summed E-state index contributed by atoms with van der Waals surface area (Å²) < 4.78 is 0. The summed E-state index contributed by atoms with van der Waals surface area (Å²) in [5, 5.41) is 3.23. The Hall–Kier alpha value is -0.970. The maximum absolute atomic E-state index is 3.23. The van der Waals surface area contributed by atoms with E-state index in [1.54, 1.807) is 0 Å². The number of benzene rings is 1. The van der Waals surface area contributed by atoms with E-state index in [4.69, 9.17) is 0 Å². The number of halogens is 1. The average molecular weight is 210 g/mol. The van der Waals surface area contributed by atoms with Crippen LogP contribution in [0.15, 0.2) is 30.3 Å². The first-order valence-electron chi connectivity index (χ1n) is 4.68. The molecule has 0 atom stereocenters. The van der Waals surface area contributed by atoms with Gasteiger partial charge in [0, 0.05) is 5.56 Å². The highest BCUT2D eigenvalue weighted by Crippen LogP contribution is 1.93. The topological polar surface area (TPSA) is 12.0 Å². The summed E-state index contributed by atoms with van der Waals surface area (Å²) in [4.78, 5) is 0. The van der Waals surface area contributed by atoms with E-state index in [0.29, 0.717) is 0 Å². The molecule has 0 spiro atoms. The van der Waals surface area contributed by atoms with Crippen molar-refractivity contribution < 1.29 is 0 Å². The SMILES string of the molecule is CCCNCC#Cc1ccccc1.Cl. The summed E-state index contributed by atoms with van der Waals surface area (Å²) in [5.41, 5.74) is 1.08. The van der Waals surface area contributed by atoms with Gasteiger partial charge in [-0.15, -0.1) is 12.4 Å². The van der Waals surface area contributed by atoms with Crippen LogP contribution in [0.25, 0.3) is 0 Å². The largest absolute Gasteiger partial charge is 0.306 e. The Bertz CT molecular complexity index is 284. The minimum Gasteiger partial charge on any atom is -0.306 e. The molecule has 2 heteroatoms. The second kappa shape index (κ2) is 8.62. The fraction of sp³-hybridized carbons (Fsp3) is 0.333. The van der Waals surface area contributed by atoms with Gasteiger partial charge in [-0.3, -0.25) is 0 Å². The lowest BCUT2D eigenvalue weighted by Gasteiger charge is -1.93. The highest BCUT2D eigenvalue weighted by Gasteiger charge is 1.81. The molecule has 0 fully saturated rings. The van der Waals surface area contributed by atoms with Crippen molar-refractivity contribution in [3.8, 4) is 11.8 Å². The fourth-order valence-corrected chi connectivity index (χ4v) is 0.995. The maximum Gasteiger partial charge on any atom is 0.0580 e. The van der Waals surface area contributed by atoms with Crippen molar-refractivity contribution in [2.45, 2.75) is 13.3 Å². The Morgan fingerprint density at radius 2 is 1.93 bits per heavy atom. The first kappa shape index (κ1) is 13.0. The molecule has 1 rings (SSSR count). The summed E-state index contributed by atoms with van der Waals surface area (Å²) in [6, 6.07) is 10.0. The van der Waals surface area contributed by atoms with E-state index in [0.717, 1.165) is 25.1 Å². The molecule has 0 aliphatic carbocycles. The van der Waals surface area contributed by atoms with Crippen LogP contribution in [0.3, 0.4) is 0 Å². The van der Waals surface area contributed by atoms with Gasteiger partial charge < -0.3 is 5.32 Å². The lowest BCUT2D eigenvalue weighted by molar-refractivity contribution is 0.737. The Labute approximate surface area is 92.3 Å². The average Bonchev–Trinajstić information content (AvgIpc) is 2.19. The Balaban J connectivity index is 0.00000169. The van der Waals surface area contributed by atoms with Gasteiger partial charge in [0.25, 0.3) is 0 Å². The van der Waals surface area contributed by atoms with Crippen LogP contribution in [0.5, 0.6) is 0 Å². The van der Waals surface area contributed by atoms with Crippen molar-refractivity contribution in [3.63, 3.8) is 0 Å². The van der Waals surface area contributed by atoms with Crippen LogP contribution >= 0.6 is 12.4 Å². The molecule has 1 nitrogen and oxygen atoms in total. The standard InChI is InChI=1S/C12H15N.ClH/c1-2-10-13-11-6-9-12-7-4-3-5-8-12;/h3-5,7-8,13H,2,10-11H2,1H3;1H. The molecule has 0 unspecified atom stereocenters. The predicted molar refractivity (Wildman–Crippen MR) is 63.7 cm³/mol. The van der Waals surface area contributed by atoms with Gasteiger partial charge in [0.05, 0.1) is 6.54 Å². The van der Waals surface area contributed by atoms with Gasteiger partial charge in [-0.2, -0.15) is 0 Å². The number of rotatable bonds is 3. The molecule has 1 aromatic rings. The Morgan fingerprint density at radius 1 is 1.21 bits per heavy atom. The summed E-state index contributed by atoms with van der Waals surface area (Å²) in [6.45, 7) is 3.98. The van der Waals surface area contributed by atoms with Crippen LogP contribution in [0, 0.1) is 11.8 Å². The van der Waals surface area contributed by atoms with Crippen LogP contribution in [-0.2, 0) is 0 Å². The van der Waals surface area contributed by atoms with Crippen molar-refractivity contribution in [3.05, 3.63) is 35.9 Å². The maximum atomic E-state index is 3.23. The van der Waals surface area contributed by atoms with Crippen molar-refractivity contribution in [2.24, 2.45) is 0 Å². The van der Waals surface area contributed by atoms with Gasteiger partial charge in [-0.25, -0.2) is 0 Å². The second-order valence-electron chi connectivity index (χ2n) is 2.84. The molecular weight excluding hydrogens is 194 g/mol. The molecule has 0 bridgehead atoms. The van der Waals surface area contributed by atoms with Crippen molar-refractivity contribution >= 4 is 12.4 Å². The highest BCUT2D eigenvalue weighted by molar-refractivity contribution is 5.85. The van der Waals surface area contributed by atoms with Gasteiger partial charge in [0.2, 0.25) is 0 Å². The molecule has 0 aromatic heterocycles. The monoisotopic (exact) mass is 209 g/mol. The van der Waals surface area contributed by atoms with Gasteiger partial charge >= 0.3 is 0 Å². The Kier molecular flexibility index (Phi) is 8.02. The van der Waals surface area contributed by atoms with E-state index in [9.17, 15) is 0 Å². The molecule has 0 saturated carbocycles. The van der Waals surface area contributed by atoms with Gasteiger partial charge in [0.1, 0.15) is 0 Å².